The normalized spacial score (nSPS) is 22.2. The molecule has 1 unspecified atom stereocenters. The second-order valence-electron chi connectivity index (χ2n) is 6.70. The zero-order chi connectivity index (χ0) is 15.9. The standard InChI is InChI=1S/C22H23N/c1-2-16-11-13-17(14-12-16)15-22(23)20-9-5-3-7-18(20)19-8-4-6-10-21(19)22/h3-5,7-9,11-14H,2,6,10,15,23H2,1H3. The Labute approximate surface area is 138 Å². The SMILES string of the molecule is CCc1ccc(CC2(N)C3=C(C=CCC3)c3ccccc32)cc1. The molecular weight excluding hydrogens is 278 g/mol. The van der Waals surface area contributed by atoms with Gasteiger partial charge in [0.1, 0.15) is 0 Å². The van der Waals surface area contributed by atoms with Gasteiger partial charge < -0.3 is 5.73 Å². The molecule has 2 N–H and O–H groups in total. The van der Waals surface area contributed by atoms with E-state index in [1.54, 1.807) is 0 Å². The molecule has 2 aliphatic carbocycles. The van der Waals surface area contributed by atoms with E-state index >= 15 is 0 Å². The van der Waals surface area contributed by atoms with E-state index in [4.69, 9.17) is 5.73 Å². The topological polar surface area (TPSA) is 26.0 Å². The molecule has 1 nitrogen and oxygen atoms in total. The summed E-state index contributed by atoms with van der Waals surface area (Å²) in [4.78, 5) is 0. The van der Waals surface area contributed by atoms with Gasteiger partial charge in [-0.05, 0) is 59.1 Å². The third-order valence-corrected chi connectivity index (χ3v) is 5.32. The van der Waals surface area contributed by atoms with E-state index in [0.29, 0.717) is 0 Å². The fraction of sp³-hybridized carbons (Fsp3) is 0.273. The minimum atomic E-state index is -0.357. The van der Waals surface area contributed by atoms with Crippen LogP contribution in [0, 0.1) is 0 Å². The van der Waals surface area contributed by atoms with Crippen molar-refractivity contribution in [2.75, 3.05) is 0 Å². The Morgan fingerprint density at radius 2 is 1.74 bits per heavy atom. The minimum absolute atomic E-state index is 0.357. The van der Waals surface area contributed by atoms with Gasteiger partial charge in [0.15, 0.2) is 0 Å². The maximum atomic E-state index is 7.04. The predicted octanol–water partition coefficient (Wildman–Crippen LogP) is 4.76. The lowest BCUT2D eigenvalue weighted by atomic mass is 9.79. The first-order valence-electron chi connectivity index (χ1n) is 8.59. The first-order valence-corrected chi connectivity index (χ1v) is 8.59. The number of hydrogen-bond acceptors (Lipinski definition) is 1. The molecule has 0 aliphatic heterocycles. The molecule has 2 aromatic rings. The van der Waals surface area contributed by atoms with Crippen molar-refractivity contribution in [3.8, 4) is 0 Å². The van der Waals surface area contributed by atoms with Crippen LogP contribution in [0.4, 0.5) is 0 Å². The Bertz CT molecular complexity index is 795. The summed E-state index contributed by atoms with van der Waals surface area (Å²) in [6.45, 7) is 2.19. The van der Waals surface area contributed by atoms with E-state index in [-0.39, 0.29) is 5.54 Å². The molecule has 0 heterocycles. The van der Waals surface area contributed by atoms with Crippen molar-refractivity contribution in [2.45, 2.75) is 38.1 Å². The average Bonchev–Trinajstić information content (AvgIpc) is 2.86. The smallest absolute Gasteiger partial charge is 0.0681 e. The van der Waals surface area contributed by atoms with Gasteiger partial charge in [0.25, 0.3) is 0 Å². The molecule has 0 fully saturated rings. The summed E-state index contributed by atoms with van der Waals surface area (Å²) in [6.07, 6.45) is 8.67. The molecule has 1 atom stereocenters. The van der Waals surface area contributed by atoms with Crippen molar-refractivity contribution in [1.29, 1.82) is 0 Å². The number of allylic oxidation sites excluding steroid dienone is 3. The summed E-state index contributed by atoms with van der Waals surface area (Å²) in [5.41, 5.74) is 14.8. The third kappa shape index (κ3) is 2.27. The van der Waals surface area contributed by atoms with Crippen LogP contribution in [0.15, 0.2) is 66.3 Å². The van der Waals surface area contributed by atoms with Crippen molar-refractivity contribution in [3.63, 3.8) is 0 Å². The highest BCUT2D eigenvalue weighted by Gasteiger charge is 2.41. The van der Waals surface area contributed by atoms with Gasteiger partial charge in [-0.15, -0.1) is 0 Å². The van der Waals surface area contributed by atoms with Crippen LogP contribution in [0.25, 0.3) is 5.57 Å². The van der Waals surface area contributed by atoms with Gasteiger partial charge in [0.2, 0.25) is 0 Å². The van der Waals surface area contributed by atoms with E-state index in [1.165, 1.54) is 33.4 Å². The lowest BCUT2D eigenvalue weighted by Crippen LogP contribution is -2.39. The van der Waals surface area contributed by atoms with Gasteiger partial charge in [-0.3, -0.25) is 0 Å². The quantitative estimate of drug-likeness (QED) is 0.869. The van der Waals surface area contributed by atoms with Crippen LogP contribution in [0.1, 0.15) is 42.0 Å². The molecule has 0 radical (unpaired) electrons. The summed E-state index contributed by atoms with van der Waals surface area (Å²) in [6, 6.07) is 17.6. The first-order chi connectivity index (χ1) is 11.2. The van der Waals surface area contributed by atoms with Crippen molar-refractivity contribution in [3.05, 3.63) is 88.5 Å². The molecular formula is C22H23N. The fourth-order valence-electron chi connectivity index (χ4n) is 4.07. The molecule has 0 saturated carbocycles. The fourth-order valence-corrected chi connectivity index (χ4v) is 4.07. The van der Waals surface area contributed by atoms with Gasteiger partial charge in [-0.25, -0.2) is 0 Å². The zero-order valence-electron chi connectivity index (χ0n) is 13.7. The van der Waals surface area contributed by atoms with Gasteiger partial charge in [0.05, 0.1) is 5.54 Å². The molecule has 2 aromatic carbocycles. The highest BCUT2D eigenvalue weighted by molar-refractivity contribution is 5.86. The van der Waals surface area contributed by atoms with Crippen LogP contribution in [0.2, 0.25) is 0 Å². The third-order valence-electron chi connectivity index (χ3n) is 5.32. The number of rotatable bonds is 3. The van der Waals surface area contributed by atoms with E-state index in [9.17, 15) is 0 Å². The molecule has 0 bridgehead atoms. The largest absolute Gasteiger partial charge is 0.318 e. The number of hydrogen-bond donors (Lipinski definition) is 1. The van der Waals surface area contributed by atoms with Gasteiger partial charge >= 0.3 is 0 Å². The van der Waals surface area contributed by atoms with Crippen LogP contribution in [0.3, 0.4) is 0 Å². The van der Waals surface area contributed by atoms with Crippen molar-refractivity contribution < 1.29 is 0 Å². The summed E-state index contributed by atoms with van der Waals surface area (Å²) in [7, 11) is 0. The second-order valence-corrected chi connectivity index (χ2v) is 6.70. The maximum absolute atomic E-state index is 7.04. The van der Waals surface area contributed by atoms with Crippen LogP contribution in [-0.4, -0.2) is 0 Å². The molecule has 0 saturated heterocycles. The van der Waals surface area contributed by atoms with E-state index in [1.807, 2.05) is 0 Å². The Balaban J connectivity index is 1.78. The van der Waals surface area contributed by atoms with Crippen molar-refractivity contribution in [2.24, 2.45) is 5.73 Å². The highest BCUT2D eigenvalue weighted by atomic mass is 14.8. The first kappa shape index (κ1) is 14.5. The van der Waals surface area contributed by atoms with Gasteiger partial charge in [0, 0.05) is 0 Å². The molecule has 2 aliphatic rings. The van der Waals surface area contributed by atoms with Crippen LogP contribution in [-0.2, 0) is 18.4 Å². The van der Waals surface area contributed by atoms with Crippen molar-refractivity contribution in [1.82, 2.24) is 0 Å². The number of fused-ring (bicyclic) bond motifs is 2. The van der Waals surface area contributed by atoms with Crippen LogP contribution >= 0.6 is 0 Å². The molecule has 0 spiro atoms. The zero-order valence-corrected chi connectivity index (χ0v) is 13.7. The summed E-state index contributed by atoms with van der Waals surface area (Å²) < 4.78 is 0. The summed E-state index contributed by atoms with van der Waals surface area (Å²) in [5, 5.41) is 0. The molecule has 1 heteroatoms. The maximum Gasteiger partial charge on any atom is 0.0681 e. The molecule has 4 rings (SSSR count). The number of benzene rings is 2. The molecule has 0 aromatic heterocycles. The highest BCUT2D eigenvalue weighted by Crippen LogP contribution is 2.48. The predicted molar refractivity (Wildman–Crippen MR) is 97.1 cm³/mol. The molecule has 23 heavy (non-hydrogen) atoms. The lowest BCUT2D eigenvalue weighted by molar-refractivity contribution is 0.513. The monoisotopic (exact) mass is 301 g/mol. The van der Waals surface area contributed by atoms with Gasteiger partial charge in [-0.1, -0.05) is 67.6 Å². The van der Waals surface area contributed by atoms with Crippen LogP contribution < -0.4 is 5.73 Å². The molecule has 0 amide bonds. The van der Waals surface area contributed by atoms with E-state index in [0.717, 1.165) is 25.7 Å². The average molecular weight is 301 g/mol. The Morgan fingerprint density at radius 3 is 2.52 bits per heavy atom. The van der Waals surface area contributed by atoms with Crippen molar-refractivity contribution >= 4 is 5.57 Å². The summed E-state index contributed by atoms with van der Waals surface area (Å²) in [5.74, 6) is 0. The number of nitrogens with two attached hydrogens (primary N) is 1. The Kier molecular flexibility index (Phi) is 3.46. The lowest BCUT2D eigenvalue weighted by Gasteiger charge is -2.31. The Hall–Kier alpha value is -2.12. The summed E-state index contributed by atoms with van der Waals surface area (Å²) >= 11 is 0. The van der Waals surface area contributed by atoms with E-state index < -0.39 is 0 Å². The van der Waals surface area contributed by atoms with E-state index in [2.05, 4.69) is 67.6 Å². The second kappa shape index (κ2) is 5.50. The minimum Gasteiger partial charge on any atom is -0.318 e. The van der Waals surface area contributed by atoms with Gasteiger partial charge in [-0.2, -0.15) is 0 Å². The van der Waals surface area contributed by atoms with Crippen LogP contribution in [0.5, 0.6) is 0 Å². The molecule has 116 valence electrons. The number of aryl methyl sites for hydroxylation is 1. The Morgan fingerprint density at radius 1 is 1.00 bits per heavy atom.